The van der Waals surface area contributed by atoms with Gasteiger partial charge in [0.1, 0.15) is 12.4 Å². The van der Waals surface area contributed by atoms with Crippen molar-refractivity contribution in [2.24, 2.45) is 5.41 Å². The van der Waals surface area contributed by atoms with E-state index >= 15 is 0 Å². The number of carbonyl (C=O) groups excluding carboxylic acids is 1. The van der Waals surface area contributed by atoms with Gasteiger partial charge in [0.25, 0.3) is 0 Å². The van der Waals surface area contributed by atoms with Crippen molar-refractivity contribution in [2.75, 3.05) is 0 Å². The van der Waals surface area contributed by atoms with Crippen LogP contribution in [0.15, 0.2) is 42.2 Å². The molecule has 0 heterocycles. The van der Waals surface area contributed by atoms with Crippen molar-refractivity contribution < 1.29 is 9.53 Å². The first-order chi connectivity index (χ1) is 8.05. The normalized spacial score (nSPS) is 18.7. The van der Waals surface area contributed by atoms with E-state index in [4.69, 9.17) is 4.74 Å². The minimum absolute atomic E-state index is 0.0256. The summed E-state index contributed by atoms with van der Waals surface area (Å²) in [6.07, 6.45) is 3.10. The van der Waals surface area contributed by atoms with Gasteiger partial charge in [-0.1, -0.05) is 44.2 Å². The smallest absolute Gasteiger partial charge is 0.159 e. The van der Waals surface area contributed by atoms with Gasteiger partial charge >= 0.3 is 0 Å². The summed E-state index contributed by atoms with van der Waals surface area (Å²) in [5.74, 6) is 0.986. The highest BCUT2D eigenvalue weighted by Gasteiger charge is 2.28. The molecule has 0 fully saturated rings. The molecule has 1 aliphatic rings. The lowest BCUT2D eigenvalue weighted by atomic mass is 9.79. The Labute approximate surface area is 102 Å². The molecule has 0 amide bonds. The van der Waals surface area contributed by atoms with E-state index in [9.17, 15) is 4.79 Å². The number of rotatable bonds is 3. The number of ketones is 1. The average molecular weight is 230 g/mol. The van der Waals surface area contributed by atoms with Crippen LogP contribution in [0.1, 0.15) is 32.3 Å². The van der Waals surface area contributed by atoms with Gasteiger partial charge in [0.15, 0.2) is 5.78 Å². The molecule has 0 atom stereocenters. The fourth-order valence-electron chi connectivity index (χ4n) is 2.13. The molecule has 2 nitrogen and oxygen atoms in total. The molecule has 0 aromatic heterocycles. The van der Waals surface area contributed by atoms with Crippen LogP contribution in [0, 0.1) is 5.41 Å². The van der Waals surface area contributed by atoms with E-state index in [1.807, 2.05) is 30.3 Å². The summed E-state index contributed by atoms with van der Waals surface area (Å²) in [4.78, 5) is 11.5. The second kappa shape index (κ2) is 4.74. The third-order valence-electron chi connectivity index (χ3n) is 2.89. The van der Waals surface area contributed by atoms with Crippen LogP contribution in [-0.4, -0.2) is 5.78 Å². The Hall–Kier alpha value is -1.57. The molecule has 0 spiro atoms. The van der Waals surface area contributed by atoms with Crippen LogP contribution in [-0.2, 0) is 16.1 Å². The predicted octanol–water partition coefficient (Wildman–Crippen LogP) is 3.48. The maximum Gasteiger partial charge on any atom is 0.159 e. The zero-order valence-corrected chi connectivity index (χ0v) is 10.4. The molecular formula is C15H18O2. The van der Waals surface area contributed by atoms with Crippen LogP contribution in [0.2, 0.25) is 0 Å². The molecule has 2 rings (SSSR count). The van der Waals surface area contributed by atoms with E-state index in [1.165, 1.54) is 0 Å². The molecule has 0 unspecified atom stereocenters. The molecule has 0 saturated carbocycles. The Kier molecular flexibility index (Phi) is 3.32. The van der Waals surface area contributed by atoms with E-state index in [0.29, 0.717) is 13.0 Å². The largest absolute Gasteiger partial charge is 0.493 e. The lowest BCUT2D eigenvalue weighted by molar-refractivity contribution is -0.117. The lowest BCUT2D eigenvalue weighted by Gasteiger charge is -2.28. The van der Waals surface area contributed by atoms with E-state index in [2.05, 4.69) is 13.8 Å². The molecule has 1 aliphatic carbocycles. The lowest BCUT2D eigenvalue weighted by Crippen LogP contribution is -2.22. The molecular weight excluding hydrogens is 212 g/mol. The highest BCUT2D eigenvalue weighted by Crippen LogP contribution is 2.34. The summed E-state index contributed by atoms with van der Waals surface area (Å²) < 4.78 is 5.72. The summed E-state index contributed by atoms with van der Waals surface area (Å²) in [5, 5.41) is 0. The first-order valence-electron chi connectivity index (χ1n) is 5.95. The Morgan fingerprint density at radius 2 is 1.88 bits per heavy atom. The summed E-state index contributed by atoms with van der Waals surface area (Å²) >= 11 is 0. The number of allylic oxidation sites excluding steroid dienone is 2. The highest BCUT2D eigenvalue weighted by molar-refractivity contribution is 5.91. The second-order valence-electron chi connectivity index (χ2n) is 5.37. The van der Waals surface area contributed by atoms with Gasteiger partial charge in [-0.15, -0.1) is 0 Å². The van der Waals surface area contributed by atoms with Gasteiger partial charge in [-0.05, 0) is 11.0 Å². The van der Waals surface area contributed by atoms with Gasteiger partial charge < -0.3 is 4.74 Å². The molecule has 0 N–H and O–H groups in total. The first kappa shape index (κ1) is 11.9. The van der Waals surface area contributed by atoms with Gasteiger partial charge in [0, 0.05) is 18.9 Å². The predicted molar refractivity (Wildman–Crippen MR) is 67.3 cm³/mol. The summed E-state index contributed by atoms with van der Waals surface area (Å²) in [6.45, 7) is 4.74. The van der Waals surface area contributed by atoms with Crippen LogP contribution in [0.5, 0.6) is 0 Å². The third-order valence-corrected chi connectivity index (χ3v) is 2.89. The quantitative estimate of drug-likeness (QED) is 0.794. The van der Waals surface area contributed by atoms with E-state index in [0.717, 1.165) is 17.7 Å². The Morgan fingerprint density at radius 3 is 2.53 bits per heavy atom. The summed E-state index contributed by atoms with van der Waals surface area (Å²) in [5.41, 5.74) is 1.15. The van der Waals surface area contributed by atoms with E-state index in [1.54, 1.807) is 6.08 Å². The number of hydrogen-bond acceptors (Lipinski definition) is 2. The van der Waals surface area contributed by atoms with E-state index in [-0.39, 0.29) is 11.2 Å². The second-order valence-corrected chi connectivity index (χ2v) is 5.37. The van der Waals surface area contributed by atoms with Gasteiger partial charge in [0.05, 0.1) is 0 Å². The fourth-order valence-corrected chi connectivity index (χ4v) is 2.13. The maximum atomic E-state index is 11.5. The number of benzene rings is 1. The number of carbonyl (C=O) groups is 1. The minimum atomic E-state index is 0.0256. The molecule has 0 aliphatic heterocycles. The van der Waals surface area contributed by atoms with Crippen LogP contribution in [0.3, 0.4) is 0 Å². The van der Waals surface area contributed by atoms with Gasteiger partial charge in [-0.25, -0.2) is 0 Å². The van der Waals surface area contributed by atoms with Crippen LogP contribution in [0.25, 0.3) is 0 Å². The van der Waals surface area contributed by atoms with Crippen LogP contribution >= 0.6 is 0 Å². The Bertz CT molecular complexity index is 429. The van der Waals surface area contributed by atoms with Crippen molar-refractivity contribution in [3.63, 3.8) is 0 Å². The Morgan fingerprint density at radius 1 is 1.18 bits per heavy atom. The topological polar surface area (TPSA) is 26.3 Å². The number of ether oxygens (including phenoxy) is 1. The molecule has 17 heavy (non-hydrogen) atoms. The molecule has 1 aromatic rings. The van der Waals surface area contributed by atoms with Crippen molar-refractivity contribution in [3.8, 4) is 0 Å². The van der Waals surface area contributed by atoms with Crippen molar-refractivity contribution in [3.05, 3.63) is 47.7 Å². The summed E-state index contributed by atoms with van der Waals surface area (Å²) in [7, 11) is 0. The van der Waals surface area contributed by atoms with Gasteiger partial charge in [-0.2, -0.15) is 0 Å². The first-order valence-corrected chi connectivity index (χ1v) is 5.95. The fraction of sp³-hybridized carbons (Fsp3) is 0.400. The zero-order chi connectivity index (χ0) is 12.3. The van der Waals surface area contributed by atoms with Crippen molar-refractivity contribution in [1.82, 2.24) is 0 Å². The number of hydrogen-bond donors (Lipinski definition) is 0. The van der Waals surface area contributed by atoms with Crippen molar-refractivity contribution in [1.29, 1.82) is 0 Å². The third kappa shape index (κ3) is 3.45. The maximum absolute atomic E-state index is 11.5. The summed E-state index contributed by atoms with van der Waals surface area (Å²) in [6, 6.07) is 10.0. The van der Waals surface area contributed by atoms with Crippen molar-refractivity contribution in [2.45, 2.75) is 33.3 Å². The minimum Gasteiger partial charge on any atom is -0.493 e. The Balaban J connectivity index is 1.98. The average Bonchev–Trinajstić information content (AvgIpc) is 2.25. The van der Waals surface area contributed by atoms with Crippen LogP contribution in [0.4, 0.5) is 0 Å². The van der Waals surface area contributed by atoms with Crippen LogP contribution < -0.4 is 0 Å². The molecule has 2 heteroatoms. The SMILES string of the molecule is CC1(C)CC(=O)C=C(OCc2ccccc2)C1. The van der Waals surface area contributed by atoms with E-state index < -0.39 is 0 Å². The zero-order valence-electron chi connectivity index (χ0n) is 10.4. The molecule has 1 aromatic carbocycles. The van der Waals surface area contributed by atoms with Crippen molar-refractivity contribution >= 4 is 5.78 Å². The van der Waals surface area contributed by atoms with Gasteiger partial charge in [-0.3, -0.25) is 4.79 Å². The molecule has 0 saturated heterocycles. The molecule has 0 radical (unpaired) electrons. The molecule has 0 bridgehead atoms. The monoisotopic (exact) mass is 230 g/mol. The van der Waals surface area contributed by atoms with Gasteiger partial charge in [0.2, 0.25) is 0 Å². The highest BCUT2D eigenvalue weighted by atomic mass is 16.5. The standard InChI is InChI=1S/C15H18O2/c1-15(2)9-13(16)8-14(10-15)17-11-12-6-4-3-5-7-12/h3-8H,9-11H2,1-2H3. The molecule has 90 valence electrons.